The van der Waals surface area contributed by atoms with Gasteiger partial charge in [-0.15, -0.1) is 0 Å². The third-order valence-corrected chi connectivity index (χ3v) is 27.5. The molecule has 0 bridgehead atoms. The summed E-state index contributed by atoms with van der Waals surface area (Å²) >= 11 is 2.47. The number of para-hydroxylation sites is 2. The Bertz CT molecular complexity index is 4800. The molecule has 6 heterocycles. The minimum absolute atomic E-state index is 0.0000274. The zero-order chi connectivity index (χ0) is 81.8. The molecule has 113 heavy (non-hydrogen) atoms. The fraction of sp³-hybridized carbons (Fsp3) is 0.514. The minimum Gasteiger partial charge on any atom is -0.479 e. The number of anilines is 2. The number of carbonyl (C=O) groups excluding carboxylic acids is 5. The Labute approximate surface area is 648 Å². The number of carboxylic acids is 1. The first kappa shape index (κ1) is 83.6. The van der Waals surface area contributed by atoms with Gasteiger partial charge in [-0.2, -0.15) is 52.7 Å². The predicted molar refractivity (Wildman–Crippen MR) is 392 cm³/mol. The Hall–Kier alpha value is -8.82. The lowest BCUT2D eigenvalue weighted by atomic mass is 10.0. The van der Waals surface area contributed by atoms with Crippen LogP contribution in [0.5, 0.6) is 10.4 Å². The number of primary sulfonamides is 1. The summed E-state index contributed by atoms with van der Waals surface area (Å²) in [5.74, 6) is -6.25. The van der Waals surface area contributed by atoms with Gasteiger partial charge in [0, 0.05) is 36.1 Å². The lowest BCUT2D eigenvalue weighted by Gasteiger charge is -2.30. The summed E-state index contributed by atoms with van der Waals surface area (Å²) in [4.78, 5) is 94.3. The lowest BCUT2D eigenvalue weighted by molar-refractivity contribution is -0.145. The third-order valence-electron chi connectivity index (χ3n) is 21.7. The maximum atomic E-state index is 14.5. The number of hydrogen-bond donors (Lipinski definition) is 7. The van der Waals surface area contributed by atoms with Gasteiger partial charge in [0.2, 0.25) is 43.7 Å². The second kappa shape index (κ2) is 31.8. The number of benzene rings is 4. The minimum atomic E-state index is -5.13. The number of sulfonamides is 2. The van der Waals surface area contributed by atoms with E-state index in [-0.39, 0.29) is 74.1 Å². The van der Waals surface area contributed by atoms with Crippen LogP contribution in [0, 0.1) is 11.8 Å². The van der Waals surface area contributed by atoms with Gasteiger partial charge in [0.25, 0.3) is 16.3 Å². The molecule has 0 spiro atoms. The summed E-state index contributed by atoms with van der Waals surface area (Å²) < 4.78 is 226. The molecule has 4 saturated carbocycles. The van der Waals surface area contributed by atoms with Gasteiger partial charge < -0.3 is 45.6 Å². The molecule has 0 radical (unpaired) electrons. The number of nitrogens with zero attached hydrogens (tertiary/aromatic N) is 4. The van der Waals surface area contributed by atoms with E-state index in [4.69, 9.17) is 14.6 Å². The summed E-state index contributed by atoms with van der Waals surface area (Å²) in [6.07, 6.45) is -8.46. The van der Waals surface area contributed by atoms with Gasteiger partial charge in [-0.1, -0.05) is 96.9 Å². The van der Waals surface area contributed by atoms with Crippen molar-refractivity contribution >= 4 is 110 Å². The maximum Gasteiger partial charge on any atom is 0.416 e. The zero-order valence-electron chi connectivity index (χ0n) is 60.5. The molecule has 5 amide bonds. The number of fused-ring (bicyclic) bond motifs is 6. The molecule has 8 N–H and O–H groups in total. The van der Waals surface area contributed by atoms with Crippen LogP contribution in [-0.4, -0.2) is 147 Å². The zero-order valence-corrected chi connectivity index (χ0v) is 63.8. The SMILES string of the molecule is CC1(S(=O)(=O)NC(=O)[C@@]23C[C@H]2/C=C\CCCCC[C@H](Nc2cc(C(F)(F)F)cc(C(F)(F)F)c2)C(=O)N2C[C@H](Oc4nc5ccccc5s4)C[C@H]2C(=O)N3)CC1.CC1(S(N)(=O)=O)CC1.O=C1N[C@]2(C(=O)O)C[C@H]2/C=C\CCCCC[C@H](Nc2cc(C(F)(F)F)cc(C(F)(F)F)c2)C(=O)N2C[C@H](Oc3nc4ccccc4s3)C[C@@H]12. The largest absolute Gasteiger partial charge is 0.479 e. The maximum absolute atomic E-state index is 14.5. The highest BCUT2D eigenvalue weighted by atomic mass is 32.2. The Morgan fingerprint density at radius 3 is 1.30 bits per heavy atom. The Morgan fingerprint density at radius 1 is 0.558 bits per heavy atom. The lowest BCUT2D eigenvalue weighted by Crippen LogP contribution is -2.58. The van der Waals surface area contributed by atoms with Crippen molar-refractivity contribution in [3.8, 4) is 10.4 Å². The molecule has 10 atom stereocenters. The number of nitrogens with one attached hydrogen (secondary N) is 5. The number of nitrogens with two attached hydrogens (primary N) is 1. The van der Waals surface area contributed by atoms with Crippen molar-refractivity contribution in [1.82, 2.24) is 35.1 Å². The van der Waals surface area contributed by atoms with E-state index in [2.05, 4.69) is 36.0 Å². The van der Waals surface area contributed by atoms with E-state index >= 15 is 0 Å². The van der Waals surface area contributed by atoms with Gasteiger partial charge in [0.05, 0.1) is 65.3 Å². The normalized spacial score (nSPS) is 27.3. The molecule has 4 aliphatic carbocycles. The van der Waals surface area contributed by atoms with Crippen molar-refractivity contribution in [2.45, 2.75) is 211 Å². The molecule has 14 rings (SSSR count). The van der Waals surface area contributed by atoms with Crippen LogP contribution in [0.3, 0.4) is 0 Å². The fourth-order valence-corrected chi connectivity index (χ4v) is 17.9. The Morgan fingerprint density at radius 2 is 0.938 bits per heavy atom. The first-order chi connectivity index (χ1) is 52.9. The first-order valence-corrected chi connectivity index (χ1v) is 41.1. The second-order valence-corrected chi connectivity index (χ2v) is 36.5. The van der Waals surface area contributed by atoms with Crippen LogP contribution < -0.4 is 40.6 Å². The highest BCUT2D eigenvalue weighted by molar-refractivity contribution is 7.91. The first-order valence-electron chi connectivity index (χ1n) is 36.4. The summed E-state index contributed by atoms with van der Waals surface area (Å²) in [6, 6.07) is 11.3. The molecule has 39 heteroatoms. The molecule has 6 fully saturated rings. The van der Waals surface area contributed by atoms with Crippen LogP contribution in [0.4, 0.5) is 64.1 Å². The van der Waals surface area contributed by atoms with E-state index < -0.39 is 183 Å². The number of carboxylic acid groups (broad SMARTS) is 1. The molecule has 2 aromatic heterocycles. The standard InChI is InChI=1S/C37H39F6N5O6S2.C33H32F6N4O5S.C4H9NO2S/c1-34(13-14-34)56(52,53)47-32(51)35-19-21(35)9-5-3-2-4-6-11-27(44-24-16-22(36(38,39)40)15-23(17-24)37(41,42)43)31(50)48-20-25(18-28(48)30(49)46-35)54-33-45-26-10-7-8-12-29(26)55-33;34-32(35,36)19-12-20(33(37,38)39)14-21(13-19)40-24-10-5-3-1-2-4-8-18-16-31(18,29(46)47)42-27(44)25-15-22(17-43(25)28(24)45)48-30-41-23-9-6-7-11-26(23)49-30;1-4(2-3-4)8(5,6)7/h5,7-10,12,15-17,21,25,27-28,44H,2-4,6,11,13-14,18-20H2,1H3,(H,46,49)(H,47,51);4,6-9,11-14,18,22,24-25,40H,1-3,5,10,15-17H2,(H,42,44)(H,46,47);2-3H2,1H3,(H2,5,6,7)/b9-5-;8-4-;/t21-,25-,27+,28+,35-;18-,22-,24+,25+,31-;/m11./s1. The Balaban J connectivity index is 0.000000191. The third kappa shape index (κ3) is 19.3. The van der Waals surface area contributed by atoms with Crippen LogP contribution >= 0.6 is 22.7 Å². The van der Waals surface area contributed by atoms with E-state index in [9.17, 15) is 103 Å². The number of rotatable bonds is 13. The van der Waals surface area contributed by atoms with Crippen molar-refractivity contribution in [2.75, 3.05) is 23.7 Å². The monoisotopic (exact) mass is 1670 g/mol. The molecular weight excluding hydrogens is 1590 g/mol. The van der Waals surface area contributed by atoms with Crippen LogP contribution in [0.1, 0.15) is 152 Å². The highest BCUT2D eigenvalue weighted by Gasteiger charge is 2.64. The fourth-order valence-electron chi connectivity index (χ4n) is 14.1. The second-order valence-electron chi connectivity index (χ2n) is 30.2. The summed E-state index contributed by atoms with van der Waals surface area (Å²) in [6.45, 7) is 2.81. The van der Waals surface area contributed by atoms with Gasteiger partial charge in [0.1, 0.15) is 47.5 Å². The number of aromatic nitrogens is 2. The van der Waals surface area contributed by atoms with Crippen molar-refractivity contribution in [3.63, 3.8) is 0 Å². The smallest absolute Gasteiger partial charge is 0.416 e. The number of halogens is 12. The molecule has 4 aliphatic heterocycles. The van der Waals surface area contributed by atoms with Crippen LogP contribution in [0.15, 0.2) is 109 Å². The molecule has 23 nitrogen and oxygen atoms in total. The van der Waals surface area contributed by atoms with Gasteiger partial charge >= 0.3 is 30.7 Å². The molecule has 8 aliphatic rings. The van der Waals surface area contributed by atoms with Gasteiger partial charge in [-0.25, -0.2) is 36.7 Å². The topological polar surface area (TPSA) is 328 Å². The van der Waals surface area contributed by atoms with Crippen LogP contribution in [0.25, 0.3) is 20.4 Å². The van der Waals surface area contributed by atoms with E-state index in [0.29, 0.717) is 99.5 Å². The van der Waals surface area contributed by atoms with E-state index in [1.807, 2.05) is 36.4 Å². The van der Waals surface area contributed by atoms with E-state index in [0.717, 1.165) is 27.1 Å². The Kier molecular flexibility index (Phi) is 23.5. The van der Waals surface area contributed by atoms with Crippen LogP contribution in [-0.2, 0) is 73.5 Å². The highest BCUT2D eigenvalue weighted by Crippen LogP contribution is 2.50. The predicted octanol–water partition coefficient (Wildman–Crippen LogP) is 13.0. The number of hydrogen-bond acceptors (Lipinski definition) is 18. The summed E-state index contributed by atoms with van der Waals surface area (Å²) in [5, 5.41) is 26.0. The van der Waals surface area contributed by atoms with E-state index in [1.165, 1.54) is 34.5 Å². The summed E-state index contributed by atoms with van der Waals surface area (Å²) in [7, 11) is -7.32. The number of alkyl halides is 12. The number of ether oxygens (including phenoxy) is 2. The van der Waals surface area contributed by atoms with E-state index in [1.54, 1.807) is 43.3 Å². The molecule has 6 aromatic rings. The molecule has 612 valence electrons. The average Bonchev–Trinajstić information content (AvgIpc) is 1.57. The quantitative estimate of drug-likeness (QED) is 0.0417. The number of carbonyl (C=O) groups is 6. The molecule has 4 aromatic carbocycles. The molecule has 2 saturated heterocycles. The average molecular weight is 1670 g/mol. The van der Waals surface area contributed by atoms with Crippen molar-refractivity contribution in [2.24, 2.45) is 17.0 Å². The van der Waals surface area contributed by atoms with Crippen LogP contribution in [0.2, 0.25) is 0 Å². The van der Waals surface area contributed by atoms with Gasteiger partial charge in [-0.3, -0.25) is 28.7 Å². The summed E-state index contributed by atoms with van der Waals surface area (Å²) in [5.41, 5.74) is -9.26. The number of allylic oxidation sites excluding steroid dienone is 2. The van der Waals surface area contributed by atoms with Crippen molar-refractivity contribution in [1.29, 1.82) is 0 Å². The number of amides is 5. The van der Waals surface area contributed by atoms with Gasteiger partial charge in [-0.05, 0) is 152 Å². The number of aliphatic carboxylic acids is 1. The van der Waals surface area contributed by atoms with Crippen molar-refractivity contribution < 1.29 is 113 Å². The van der Waals surface area contributed by atoms with Gasteiger partial charge in [0.15, 0.2) is 0 Å². The molecule has 0 unspecified atom stereocenters. The van der Waals surface area contributed by atoms with Crippen molar-refractivity contribution in [3.05, 3.63) is 131 Å². The molecular formula is C74H80F12N10O13S4. The number of thiazole rings is 2.